The molecular formula is C16H31NO4. The number of hydrogen-bond acceptors (Lipinski definition) is 5. The van der Waals surface area contributed by atoms with Gasteiger partial charge in [-0.25, -0.2) is 4.79 Å². The molecule has 0 aromatic carbocycles. The Labute approximate surface area is 128 Å². The molecule has 0 fully saturated rings. The molecule has 0 unspecified atom stereocenters. The van der Waals surface area contributed by atoms with Gasteiger partial charge in [0.05, 0.1) is 12.2 Å². The van der Waals surface area contributed by atoms with Gasteiger partial charge < -0.3 is 14.6 Å². The van der Waals surface area contributed by atoms with Gasteiger partial charge in [-0.15, -0.1) is 0 Å². The van der Waals surface area contributed by atoms with Crippen molar-refractivity contribution < 1.29 is 19.4 Å². The highest BCUT2D eigenvalue weighted by molar-refractivity contribution is 5.88. The van der Waals surface area contributed by atoms with E-state index in [1.807, 2.05) is 6.92 Å². The molecule has 1 N–H and O–H groups in total. The number of allylic oxidation sites excluding steroid dienone is 1. The van der Waals surface area contributed by atoms with Crippen molar-refractivity contribution in [3.05, 3.63) is 11.3 Å². The lowest BCUT2D eigenvalue weighted by atomic mass is 10.2. The summed E-state index contributed by atoms with van der Waals surface area (Å²) >= 11 is 0. The summed E-state index contributed by atoms with van der Waals surface area (Å²) in [6.07, 6.45) is 0.602. The lowest BCUT2D eigenvalue weighted by molar-refractivity contribution is -0.140. The molecule has 5 heteroatoms. The van der Waals surface area contributed by atoms with Crippen molar-refractivity contribution in [2.75, 3.05) is 26.4 Å². The lowest BCUT2D eigenvalue weighted by Gasteiger charge is -2.30. The zero-order valence-corrected chi connectivity index (χ0v) is 14.3. The summed E-state index contributed by atoms with van der Waals surface area (Å²) in [5, 5.41) is 8.77. The minimum absolute atomic E-state index is 0.0659. The summed E-state index contributed by atoms with van der Waals surface area (Å²) in [5.41, 5.74) is 0.478. The number of carbonyl (C=O) groups excluding carboxylic acids is 1. The minimum Gasteiger partial charge on any atom is -0.495 e. The zero-order chi connectivity index (χ0) is 16.4. The highest BCUT2D eigenvalue weighted by atomic mass is 16.5. The molecule has 0 saturated carbocycles. The van der Waals surface area contributed by atoms with E-state index in [4.69, 9.17) is 14.6 Å². The van der Waals surface area contributed by atoms with Crippen LogP contribution in [-0.4, -0.2) is 54.4 Å². The van der Waals surface area contributed by atoms with Gasteiger partial charge in [0.15, 0.2) is 0 Å². The number of nitrogens with zero attached hydrogens (tertiary/aromatic N) is 1. The smallest absolute Gasteiger partial charge is 0.337 e. The van der Waals surface area contributed by atoms with Gasteiger partial charge in [-0.05, 0) is 34.6 Å². The van der Waals surface area contributed by atoms with Crippen LogP contribution in [0.15, 0.2) is 11.3 Å². The Morgan fingerprint density at radius 3 is 2.10 bits per heavy atom. The maximum atomic E-state index is 12.0. The van der Waals surface area contributed by atoms with E-state index in [1.165, 1.54) is 0 Å². The average molecular weight is 301 g/mol. The molecular weight excluding hydrogens is 270 g/mol. The van der Waals surface area contributed by atoms with Gasteiger partial charge in [-0.2, -0.15) is 0 Å². The van der Waals surface area contributed by atoms with Crippen molar-refractivity contribution in [1.29, 1.82) is 0 Å². The van der Waals surface area contributed by atoms with Crippen molar-refractivity contribution in [1.82, 2.24) is 4.90 Å². The second-order valence-corrected chi connectivity index (χ2v) is 5.54. The molecule has 0 heterocycles. The molecule has 0 aliphatic heterocycles. The zero-order valence-electron chi connectivity index (χ0n) is 14.3. The predicted molar refractivity (Wildman–Crippen MR) is 84.0 cm³/mol. The van der Waals surface area contributed by atoms with Crippen molar-refractivity contribution in [2.24, 2.45) is 0 Å². The normalized spacial score (nSPS) is 12.9. The quantitative estimate of drug-likeness (QED) is 0.381. The van der Waals surface area contributed by atoms with E-state index < -0.39 is 0 Å². The fraction of sp³-hybridized carbons (Fsp3) is 0.812. The molecule has 0 bridgehead atoms. The van der Waals surface area contributed by atoms with Crippen LogP contribution < -0.4 is 0 Å². The van der Waals surface area contributed by atoms with Gasteiger partial charge in [0.1, 0.15) is 19.0 Å². The molecule has 0 saturated heterocycles. The standard InChI is InChI=1S/C16H31NO4/c1-7-15(20-11-9-18)14(6)16(19)21-10-8-17(12(2)3)13(4)5/h12-13,18H,7-11H2,1-6H3. The number of hydrogen-bond donors (Lipinski definition) is 1. The van der Waals surface area contributed by atoms with Crippen LogP contribution in [0, 0.1) is 0 Å². The van der Waals surface area contributed by atoms with Gasteiger partial charge in [-0.1, -0.05) is 6.92 Å². The highest BCUT2D eigenvalue weighted by Gasteiger charge is 2.16. The Hall–Kier alpha value is -1.07. The largest absolute Gasteiger partial charge is 0.495 e. The summed E-state index contributed by atoms with van der Waals surface area (Å²) < 4.78 is 10.7. The first kappa shape index (κ1) is 19.9. The van der Waals surface area contributed by atoms with Crippen LogP contribution >= 0.6 is 0 Å². The minimum atomic E-state index is -0.350. The summed E-state index contributed by atoms with van der Waals surface area (Å²) in [5.74, 6) is 0.232. The molecule has 5 nitrogen and oxygen atoms in total. The van der Waals surface area contributed by atoms with Crippen LogP contribution in [-0.2, 0) is 14.3 Å². The van der Waals surface area contributed by atoms with Gasteiger partial charge in [0, 0.05) is 25.0 Å². The molecule has 0 aliphatic carbocycles. The van der Waals surface area contributed by atoms with Crippen LogP contribution in [0.4, 0.5) is 0 Å². The predicted octanol–water partition coefficient (Wildman–Crippen LogP) is 2.34. The number of rotatable bonds is 10. The van der Waals surface area contributed by atoms with E-state index in [-0.39, 0.29) is 19.2 Å². The van der Waals surface area contributed by atoms with Crippen LogP contribution in [0.5, 0.6) is 0 Å². The van der Waals surface area contributed by atoms with E-state index in [1.54, 1.807) is 6.92 Å². The van der Waals surface area contributed by atoms with Crippen molar-refractivity contribution in [3.63, 3.8) is 0 Å². The number of esters is 1. The Morgan fingerprint density at radius 1 is 1.10 bits per heavy atom. The van der Waals surface area contributed by atoms with Crippen LogP contribution in [0.3, 0.4) is 0 Å². The second kappa shape index (κ2) is 10.6. The summed E-state index contributed by atoms with van der Waals surface area (Å²) in [6, 6.07) is 0.832. The summed E-state index contributed by atoms with van der Waals surface area (Å²) in [4.78, 5) is 14.3. The van der Waals surface area contributed by atoms with E-state index in [9.17, 15) is 4.79 Å². The second-order valence-electron chi connectivity index (χ2n) is 5.54. The molecule has 0 aromatic heterocycles. The molecule has 0 atom stereocenters. The fourth-order valence-electron chi connectivity index (χ4n) is 2.22. The molecule has 0 radical (unpaired) electrons. The van der Waals surface area contributed by atoms with E-state index in [0.29, 0.717) is 43.0 Å². The van der Waals surface area contributed by atoms with Gasteiger partial charge in [-0.3, -0.25) is 4.90 Å². The summed E-state index contributed by atoms with van der Waals surface area (Å²) in [7, 11) is 0. The monoisotopic (exact) mass is 301 g/mol. The first-order valence-electron chi connectivity index (χ1n) is 7.71. The Kier molecular flexibility index (Phi) is 10.1. The van der Waals surface area contributed by atoms with Crippen molar-refractivity contribution >= 4 is 5.97 Å². The number of aliphatic hydroxyl groups excluding tert-OH is 1. The number of ether oxygens (including phenoxy) is 2. The van der Waals surface area contributed by atoms with Gasteiger partial charge in [0.2, 0.25) is 0 Å². The number of aliphatic hydroxyl groups is 1. The molecule has 0 rings (SSSR count). The van der Waals surface area contributed by atoms with Crippen molar-refractivity contribution in [2.45, 2.75) is 60.0 Å². The van der Waals surface area contributed by atoms with Crippen LogP contribution in [0.2, 0.25) is 0 Å². The van der Waals surface area contributed by atoms with Gasteiger partial charge >= 0.3 is 5.97 Å². The third-order valence-electron chi connectivity index (χ3n) is 3.32. The summed E-state index contributed by atoms with van der Waals surface area (Å²) in [6.45, 7) is 13.3. The Morgan fingerprint density at radius 2 is 1.67 bits per heavy atom. The lowest BCUT2D eigenvalue weighted by Crippen LogP contribution is -2.39. The topological polar surface area (TPSA) is 59.0 Å². The first-order valence-corrected chi connectivity index (χ1v) is 7.71. The van der Waals surface area contributed by atoms with E-state index >= 15 is 0 Å². The fourth-order valence-corrected chi connectivity index (χ4v) is 2.22. The number of carbonyl (C=O) groups is 1. The van der Waals surface area contributed by atoms with Crippen LogP contribution in [0.25, 0.3) is 0 Å². The molecule has 0 aliphatic rings. The van der Waals surface area contributed by atoms with E-state index in [2.05, 4.69) is 32.6 Å². The molecule has 0 amide bonds. The maximum absolute atomic E-state index is 12.0. The molecule has 0 spiro atoms. The SMILES string of the molecule is CCC(OCCO)=C(C)C(=O)OCCN(C(C)C)C(C)C. The molecule has 0 aromatic rings. The molecule has 124 valence electrons. The average Bonchev–Trinajstić information content (AvgIpc) is 2.42. The Bertz CT molecular complexity index is 329. The molecule has 21 heavy (non-hydrogen) atoms. The maximum Gasteiger partial charge on any atom is 0.337 e. The Balaban J connectivity index is 4.44. The highest BCUT2D eigenvalue weighted by Crippen LogP contribution is 2.12. The third-order valence-corrected chi connectivity index (χ3v) is 3.32. The van der Waals surface area contributed by atoms with Crippen LogP contribution in [0.1, 0.15) is 48.0 Å². The van der Waals surface area contributed by atoms with E-state index in [0.717, 1.165) is 0 Å². The third kappa shape index (κ3) is 7.48. The van der Waals surface area contributed by atoms with Gasteiger partial charge in [0.25, 0.3) is 0 Å². The first-order chi connectivity index (χ1) is 9.84. The van der Waals surface area contributed by atoms with Crippen molar-refractivity contribution in [3.8, 4) is 0 Å².